The number of anilines is 1. The predicted octanol–water partition coefficient (Wildman–Crippen LogP) is 3.02. The fraction of sp³-hybridized carbons (Fsp3) is 0.438. The number of methoxy groups -OCH3 is 1. The molecule has 0 saturated carbocycles. The molecule has 2 amide bonds. The lowest BCUT2D eigenvalue weighted by atomic mass is 10.2. The molecule has 0 bridgehead atoms. The number of thioether (sulfide) groups is 1. The number of hydrogen-bond donors (Lipinski definition) is 1. The summed E-state index contributed by atoms with van der Waals surface area (Å²) in [5, 5.41) is 3.42. The number of nitrogens with zero attached hydrogens (tertiary/aromatic N) is 2. The predicted molar refractivity (Wildman–Crippen MR) is 98.0 cm³/mol. The second-order valence-corrected chi connectivity index (χ2v) is 6.71. The number of rotatable bonds is 6. The van der Waals surface area contributed by atoms with Crippen molar-refractivity contribution in [1.29, 1.82) is 0 Å². The molecule has 0 fully saturated rings. The van der Waals surface area contributed by atoms with Crippen LogP contribution in [0.15, 0.2) is 23.2 Å². The van der Waals surface area contributed by atoms with Gasteiger partial charge in [0.15, 0.2) is 5.17 Å². The summed E-state index contributed by atoms with van der Waals surface area (Å²) >= 11 is 7.28. The van der Waals surface area contributed by atoms with E-state index in [9.17, 15) is 9.59 Å². The van der Waals surface area contributed by atoms with Gasteiger partial charge >= 0.3 is 0 Å². The molecule has 6 nitrogen and oxygen atoms in total. The summed E-state index contributed by atoms with van der Waals surface area (Å²) in [4.78, 5) is 30.4. The summed E-state index contributed by atoms with van der Waals surface area (Å²) in [5.74, 6) is -0.0363. The van der Waals surface area contributed by atoms with Crippen LogP contribution < -0.4 is 10.1 Å². The normalized spacial score (nSPS) is 16.8. The van der Waals surface area contributed by atoms with Crippen LogP contribution in [0.2, 0.25) is 5.02 Å². The third kappa shape index (κ3) is 4.42. The fourth-order valence-corrected chi connectivity index (χ4v) is 3.65. The van der Waals surface area contributed by atoms with Crippen LogP contribution in [0.3, 0.4) is 0 Å². The highest BCUT2D eigenvalue weighted by molar-refractivity contribution is 8.15. The first-order valence-electron chi connectivity index (χ1n) is 7.66. The van der Waals surface area contributed by atoms with E-state index in [0.29, 0.717) is 21.6 Å². The van der Waals surface area contributed by atoms with Gasteiger partial charge in [0.1, 0.15) is 11.0 Å². The van der Waals surface area contributed by atoms with Crippen LogP contribution in [0.25, 0.3) is 0 Å². The molecule has 0 aliphatic carbocycles. The second kappa shape index (κ2) is 8.39. The number of carbonyl (C=O) groups excluding carboxylic acids is 2. The van der Waals surface area contributed by atoms with Crippen LogP contribution in [-0.2, 0) is 9.59 Å². The summed E-state index contributed by atoms with van der Waals surface area (Å²) in [5.41, 5.74) is 0.482. The van der Waals surface area contributed by atoms with Gasteiger partial charge in [-0.1, -0.05) is 23.4 Å². The lowest BCUT2D eigenvalue weighted by Crippen LogP contribution is -2.27. The van der Waals surface area contributed by atoms with Crippen molar-refractivity contribution >= 4 is 46.0 Å². The molecular formula is C16H20ClN3O3S. The van der Waals surface area contributed by atoms with Crippen LogP contribution >= 0.6 is 23.4 Å². The minimum absolute atomic E-state index is 0.0490. The molecular weight excluding hydrogens is 350 g/mol. The molecule has 1 heterocycles. The largest absolute Gasteiger partial charge is 0.495 e. The van der Waals surface area contributed by atoms with Gasteiger partial charge in [0.25, 0.3) is 5.91 Å². The molecule has 2 rings (SSSR count). The third-order valence-corrected chi connectivity index (χ3v) is 5.02. The zero-order chi connectivity index (χ0) is 17.7. The van der Waals surface area contributed by atoms with E-state index < -0.39 is 5.25 Å². The standard InChI is InChI=1S/C16H20ClN3O3S/c1-4-20(5-2)16-19-15(22)13(24-16)9-14(21)18-11-8-10(17)6-7-12(11)23-3/h6-8,13H,4-5,9H2,1-3H3,(H,18,21). The number of hydrogen-bond acceptors (Lipinski definition) is 5. The molecule has 8 heteroatoms. The minimum atomic E-state index is -0.495. The Kier molecular flexibility index (Phi) is 6.51. The monoisotopic (exact) mass is 369 g/mol. The van der Waals surface area contributed by atoms with Crippen molar-refractivity contribution < 1.29 is 14.3 Å². The van der Waals surface area contributed by atoms with Crippen molar-refractivity contribution in [1.82, 2.24) is 4.90 Å². The number of benzene rings is 1. The molecule has 1 atom stereocenters. The van der Waals surface area contributed by atoms with Gasteiger partial charge in [0.05, 0.1) is 12.8 Å². The van der Waals surface area contributed by atoms with Crippen molar-refractivity contribution in [2.24, 2.45) is 4.99 Å². The number of ether oxygens (including phenoxy) is 1. The Labute approximate surface area is 150 Å². The molecule has 130 valence electrons. The summed E-state index contributed by atoms with van der Waals surface area (Å²) in [7, 11) is 1.51. The highest BCUT2D eigenvalue weighted by Gasteiger charge is 2.32. The smallest absolute Gasteiger partial charge is 0.262 e. The van der Waals surface area contributed by atoms with E-state index >= 15 is 0 Å². The van der Waals surface area contributed by atoms with Gasteiger partial charge in [-0.05, 0) is 32.0 Å². The van der Waals surface area contributed by atoms with E-state index in [-0.39, 0.29) is 18.2 Å². The number of amidine groups is 1. The Morgan fingerprint density at radius 3 is 2.75 bits per heavy atom. The van der Waals surface area contributed by atoms with Crippen LogP contribution in [0.1, 0.15) is 20.3 Å². The molecule has 1 unspecified atom stereocenters. The number of carbonyl (C=O) groups is 2. The zero-order valence-electron chi connectivity index (χ0n) is 13.8. The van der Waals surface area contributed by atoms with E-state index in [1.807, 2.05) is 18.7 Å². The Balaban J connectivity index is 1.99. The molecule has 0 spiro atoms. The summed E-state index contributed by atoms with van der Waals surface area (Å²) in [6.45, 7) is 5.55. The van der Waals surface area contributed by atoms with E-state index in [2.05, 4.69) is 10.3 Å². The van der Waals surface area contributed by atoms with Gasteiger partial charge in [0.2, 0.25) is 5.91 Å². The van der Waals surface area contributed by atoms with Gasteiger partial charge in [-0.2, -0.15) is 4.99 Å². The zero-order valence-corrected chi connectivity index (χ0v) is 15.4. The van der Waals surface area contributed by atoms with E-state index in [1.54, 1.807) is 18.2 Å². The van der Waals surface area contributed by atoms with Crippen molar-refractivity contribution in [2.75, 3.05) is 25.5 Å². The maximum Gasteiger partial charge on any atom is 0.262 e. The van der Waals surface area contributed by atoms with Gasteiger partial charge in [0, 0.05) is 24.5 Å². The number of nitrogens with one attached hydrogen (secondary N) is 1. The number of aliphatic imine (C=N–C) groups is 1. The van der Waals surface area contributed by atoms with Gasteiger partial charge in [-0.3, -0.25) is 9.59 Å². The maximum atomic E-state index is 12.3. The van der Waals surface area contributed by atoms with Crippen LogP contribution in [0.5, 0.6) is 5.75 Å². The molecule has 1 N–H and O–H groups in total. The van der Waals surface area contributed by atoms with Crippen molar-refractivity contribution in [2.45, 2.75) is 25.5 Å². The number of halogens is 1. The van der Waals surface area contributed by atoms with Crippen LogP contribution in [0.4, 0.5) is 5.69 Å². The van der Waals surface area contributed by atoms with Gasteiger partial charge < -0.3 is 15.0 Å². The first-order chi connectivity index (χ1) is 11.5. The van der Waals surface area contributed by atoms with E-state index in [1.165, 1.54) is 18.9 Å². The topological polar surface area (TPSA) is 71.0 Å². The fourth-order valence-electron chi connectivity index (χ4n) is 2.29. The molecule has 1 aliphatic rings. The van der Waals surface area contributed by atoms with Crippen molar-refractivity contribution in [3.05, 3.63) is 23.2 Å². The first-order valence-corrected chi connectivity index (χ1v) is 8.91. The minimum Gasteiger partial charge on any atom is -0.495 e. The average molecular weight is 370 g/mol. The lowest BCUT2D eigenvalue weighted by molar-refractivity contribution is -0.121. The Morgan fingerprint density at radius 2 is 2.12 bits per heavy atom. The van der Waals surface area contributed by atoms with E-state index in [4.69, 9.17) is 16.3 Å². The van der Waals surface area contributed by atoms with Crippen LogP contribution in [0, 0.1) is 0 Å². The number of amides is 2. The van der Waals surface area contributed by atoms with Crippen molar-refractivity contribution in [3.63, 3.8) is 0 Å². The summed E-state index contributed by atoms with van der Waals surface area (Å²) in [6.07, 6.45) is 0.0490. The van der Waals surface area contributed by atoms with Crippen molar-refractivity contribution in [3.8, 4) is 5.75 Å². The quantitative estimate of drug-likeness (QED) is 0.834. The third-order valence-electron chi connectivity index (χ3n) is 3.57. The first kappa shape index (κ1) is 18.6. The van der Waals surface area contributed by atoms with E-state index in [0.717, 1.165) is 13.1 Å². The molecule has 24 heavy (non-hydrogen) atoms. The van der Waals surface area contributed by atoms with Gasteiger partial charge in [-0.25, -0.2) is 0 Å². The average Bonchev–Trinajstić information content (AvgIpc) is 2.89. The second-order valence-electron chi connectivity index (χ2n) is 5.11. The summed E-state index contributed by atoms with van der Waals surface area (Å²) in [6, 6.07) is 4.96. The Bertz CT molecular complexity index is 662. The molecule has 0 aromatic heterocycles. The Hall–Kier alpha value is -1.73. The highest BCUT2D eigenvalue weighted by atomic mass is 35.5. The lowest BCUT2D eigenvalue weighted by Gasteiger charge is -2.19. The molecule has 0 saturated heterocycles. The summed E-state index contributed by atoms with van der Waals surface area (Å²) < 4.78 is 5.20. The Morgan fingerprint density at radius 1 is 1.42 bits per heavy atom. The van der Waals surface area contributed by atoms with Crippen LogP contribution in [-0.4, -0.2) is 47.3 Å². The molecule has 0 radical (unpaired) electrons. The molecule has 1 aromatic carbocycles. The molecule has 1 aromatic rings. The SMILES string of the molecule is CCN(CC)C1=NC(=O)C(CC(=O)Nc2cc(Cl)ccc2OC)S1. The van der Waals surface area contributed by atoms with Gasteiger partial charge in [-0.15, -0.1) is 0 Å². The highest BCUT2D eigenvalue weighted by Crippen LogP contribution is 2.30. The maximum absolute atomic E-state index is 12.3. The molecule has 1 aliphatic heterocycles.